The van der Waals surface area contributed by atoms with E-state index in [2.05, 4.69) is 29.6 Å². The number of benzene rings is 2. The number of nitrogens with one attached hydrogen (secondary N) is 1. The SMILES string of the molecule is COc1ccc(CNC(CN)CC2Cc3ccccc3C2)c(OC)c1. The molecule has 4 nitrogen and oxygen atoms in total. The molecule has 4 heteroatoms. The first kappa shape index (κ1) is 17.8. The van der Waals surface area contributed by atoms with Crippen LogP contribution < -0.4 is 20.5 Å². The Labute approximate surface area is 150 Å². The topological polar surface area (TPSA) is 56.5 Å². The van der Waals surface area contributed by atoms with Gasteiger partial charge in [0.15, 0.2) is 0 Å². The molecule has 1 unspecified atom stereocenters. The van der Waals surface area contributed by atoms with Gasteiger partial charge in [0.2, 0.25) is 0 Å². The molecule has 0 aliphatic heterocycles. The van der Waals surface area contributed by atoms with Crippen LogP contribution in [0.4, 0.5) is 0 Å². The highest BCUT2D eigenvalue weighted by Gasteiger charge is 2.23. The predicted octanol–water partition coefficient (Wildman–Crippen LogP) is 2.93. The summed E-state index contributed by atoms with van der Waals surface area (Å²) in [5.74, 6) is 2.33. The van der Waals surface area contributed by atoms with E-state index in [1.54, 1.807) is 14.2 Å². The fourth-order valence-electron chi connectivity index (χ4n) is 3.73. The molecule has 0 saturated heterocycles. The Kier molecular flexibility index (Phi) is 5.95. The molecule has 3 N–H and O–H groups in total. The van der Waals surface area contributed by atoms with Crippen molar-refractivity contribution in [1.82, 2.24) is 5.32 Å². The van der Waals surface area contributed by atoms with Gasteiger partial charge in [0, 0.05) is 30.8 Å². The summed E-state index contributed by atoms with van der Waals surface area (Å²) in [4.78, 5) is 0. The van der Waals surface area contributed by atoms with Crippen LogP contribution in [0.5, 0.6) is 11.5 Å². The molecular formula is C21H28N2O2. The van der Waals surface area contributed by atoms with Crippen LogP contribution in [0, 0.1) is 5.92 Å². The molecule has 1 aliphatic rings. The largest absolute Gasteiger partial charge is 0.497 e. The van der Waals surface area contributed by atoms with Crippen LogP contribution in [0.25, 0.3) is 0 Å². The number of ether oxygens (including phenoxy) is 2. The number of fused-ring (bicyclic) bond motifs is 1. The Bertz CT molecular complexity index is 677. The molecule has 0 spiro atoms. The summed E-state index contributed by atoms with van der Waals surface area (Å²) in [7, 11) is 3.35. The standard InChI is InChI=1S/C21H28N2O2/c1-24-20-8-7-18(21(12-20)25-2)14-23-19(13-22)11-15-9-16-5-3-4-6-17(16)10-15/h3-8,12,15,19,23H,9-11,13-14,22H2,1-2H3. The summed E-state index contributed by atoms with van der Waals surface area (Å²) < 4.78 is 10.7. The van der Waals surface area contributed by atoms with Gasteiger partial charge in [-0.25, -0.2) is 0 Å². The van der Waals surface area contributed by atoms with E-state index in [4.69, 9.17) is 15.2 Å². The van der Waals surface area contributed by atoms with Crippen molar-refractivity contribution in [2.75, 3.05) is 20.8 Å². The molecule has 25 heavy (non-hydrogen) atoms. The lowest BCUT2D eigenvalue weighted by molar-refractivity contribution is 0.377. The molecule has 0 bridgehead atoms. The van der Waals surface area contributed by atoms with Gasteiger partial charge in [-0.2, -0.15) is 0 Å². The zero-order chi connectivity index (χ0) is 17.6. The first-order valence-electron chi connectivity index (χ1n) is 8.94. The summed E-state index contributed by atoms with van der Waals surface area (Å²) >= 11 is 0. The van der Waals surface area contributed by atoms with Crippen LogP contribution in [-0.2, 0) is 19.4 Å². The van der Waals surface area contributed by atoms with Gasteiger partial charge in [-0.05, 0) is 42.4 Å². The first-order valence-corrected chi connectivity index (χ1v) is 8.94. The molecule has 134 valence electrons. The molecule has 0 fully saturated rings. The van der Waals surface area contributed by atoms with Crippen molar-refractivity contribution in [2.45, 2.75) is 31.8 Å². The van der Waals surface area contributed by atoms with E-state index in [9.17, 15) is 0 Å². The second kappa shape index (κ2) is 8.37. The third-order valence-electron chi connectivity index (χ3n) is 5.11. The highest BCUT2D eigenvalue weighted by molar-refractivity contribution is 5.40. The Morgan fingerprint density at radius 1 is 1.08 bits per heavy atom. The van der Waals surface area contributed by atoms with Gasteiger partial charge in [-0.1, -0.05) is 30.3 Å². The zero-order valence-corrected chi connectivity index (χ0v) is 15.1. The maximum atomic E-state index is 6.02. The minimum Gasteiger partial charge on any atom is -0.497 e. The molecule has 0 radical (unpaired) electrons. The van der Waals surface area contributed by atoms with Crippen molar-refractivity contribution in [3.8, 4) is 11.5 Å². The minimum absolute atomic E-state index is 0.311. The second-order valence-corrected chi connectivity index (χ2v) is 6.77. The normalized spacial score (nSPS) is 15.0. The van der Waals surface area contributed by atoms with Gasteiger partial charge in [-0.3, -0.25) is 0 Å². The molecule has 2 aromatic carbocycles. The average Bonchev–Trinajstić information content (AvgIpc) is 3.07. The number of methoxy groups -OCH3 is 2. The Hall–Kier alpha value is -2.04. The summed E-state index contributed by atoms with van der Waals surface area (Å²) in [5.41, 5.74) is 10.1. The van der Waals surface area contributed by atoms with Gasteiger partial charge in [-0.15, -0.1) is 0 Å². The Morgan fingerprint density at radius 2 is 1.80 bits per heavy atom. The maximum Gasteiger partial charge on any atom is 0.127 e. The monoisotopic (exact) mass is 340 g/mol. The molecule has 1 aliphatic carbocycles. The number of nitrogens with two attached hydrogens (primary N) is 1. The molecule has 1 atom stereocenters. The van der Waals surface area contributed by atoms with Crippen LogP contribution in [0.2, 0.25) is 0 Å². The van der Waals surface area contributed by atoms with Gasteiger partial charge in [0.1, 0.15) is 11.5 Å². The molecule has 2 aromatic rings. The van der Waals surface area contributed by atoms with Crippen molar-refractivity contribution in [2.24, 2.45) is 11.7 Å². The van der Waals surface area contributed by atoms with Gasteiger partial charge < -0.3 is 20.5 Å². The van der Waals surface area contributed by atoms with Crippen LogP contribution >= 0.6 is 0 Å². The molecule has 0 aromatic heterocycles. The van der Waals surface area contributed by atoms with Crippen LogP contribution in [0.1, 0.15) is 23.1 Å². The van der Waals surface area contributed by atoms with E-state index in [1.807, 2.05) is 18.2 Å². The van der Waals surface area contributed by atoms with E-state index in [-0.39, 0.29) is 0 Å². The lowest BCUT2D eigenvalue weighted by atomic mass is 9.96. The van der Waals surface area contributed by atoms with Crippen molar-refractivity contribution in [1.29, 1.82) is 0 Å². The van der Waals surface area contributed by atoms with E-state index in [0.717, 1.165) is 30.0 Å². The van der Waals surface area contributed by atoms with E-state index in [1.165, 1.54) is 24.0 Å². The molecule has 0 amide bonds. The van der Waals surface area contributed by atoms with Crippen molar-refractivity contribution < 1.29 is 9.47 Å². The summed E-state index contributed by atoms with van der Waals surface area (Å²) in [5, 5.41) is 3.61. The number of hydrogen-bond acceptors (Lipinski definition) is 4. The molecule has 3 rings (SSSR count). The average molecular weight is 340 g/mol. The Morgan fingerprint density at radius 3 is 2.40 bits per heavy atom. The number of rotatable bonds is 8. The van der Waals surface area contributed by atoms with Gasteiger partial charge in [0.05, 0.1) is 14.2 Å². The van der Waals surface area contributed by atoms with Crippen molar-refractivity contribution in [3.05, 3.63) is 59.2 Å². The lowest BCUT2D eigenvalue weighted by Crippen LogP contribution is -2.37. The third kappa shape index (κ3) is 4.33. The predicted molar refractivity (Wildman–Crippen MR) is 101 cm³/mol. The van der Waals surface area contributed by atoms with E-state index < -0.39 is 0 Å². The first-order chi connectivity index (χ1) is 12.2. The minimum atomic E-state index is 0.311. The maximum absolute atomic E-state index is 6.02. The fraction of sp³-hybridized carbons (Fsp3) is 0.429. The fourth-order valence-corrected chi connectivity index (χ4v) is 3.73. The number of hydrogen-bond donors (Lipinski definition) is 2. The summed E-state index contributed by atoms with van der Waals surface area (Å²) in [6.07, 6.45) is 3.43. The van der Waals surface area contributed by atoms with E-state index >= 15 is 0 Å². The van der Waals surface area contributed by atoms with Crippen LogP contribution in [0.3, 0.4) is 0 Å². The quantitative estimate of drug-likeness (QED) is 0.776. The molecule has 0 saturated carbocycles. The zero-order valence-electron chi connectivity index (χ0n) is 15.1. The second-order valence-electron chi connectivity index (χ2n) is 6.77. The molecular weight excluding hydrogens is 312 g/mol. The smallest absolute Gasteiger partial charge is 0.127 e. The Balaban J connectivity index is 1.57. The van der Waals surface area contributed by atoms with Crippen molar-refractivity contribution in [3.63, 3.8) is 0 Å². The van der Waals surface area contributed by atoms with E-state index in [0.29, 0.717) is 18.5 Å². The van der Waals surface area contributed by atoms with Gasteiger partial charge in [0.25, 0.3) is 0 Å². The van der Waals surface area contributed by atoms with Crippen LogP contribution in [-0.4, -0.2) is 26.8 Å². The van der Waals surface area contributed by atoms with Gasteiger partial charge >= 0.3 is 0 Å². The van der Waals surface area contributed by atoms with Crippen LogP contribution in [0.15, 0.2) is 42.5 Å². The third-order valence-corrected chi connectivity index (χ3v) is 5.11. The highest BCUT2D eigenvalue weighted by atomic mass is 16.5. The highest BCUT2D eigenvalue weighted by Crippen LogP contribution is 2.29. The summed E-state index contributed by atoms with van der Waals surface area (Å²) in [6.45, 7) is 1.39. The lowest BCUT2D eigenvalue weighted by Gasteiger charge is -2.21. The summed E-state index contributed by atoms with van der Waals surface area (Å²) in [6, 6.07) is 15.0. The van der Waals surface area contributed by atoms with Crippen molar-refractivity contribution >= 4 is 0 Å². The molecule has 0 heterocycles.